The Morgan fingerprint density at radius 1 is 1.23 bits per heavy atom. The van der Waals surface area contributed by atoms with E-state index >= 15 is 0 Å². The molecule has 136 valence electrons. The highest BCUT2D eigenvalue weighted by molar-refractivity contribution is 5.96. The molecule has 0 saturated carbocycles. The van der Waals surface area contributed by atoms with Gasteiger partial charge in [-0.05, 0) is 29.7 Å². The summed E-state index contributed by atoms with van der Waals surface area (Å²) in [5, 5.41) is 0. The van der Waals surface area contributed by atoms with Crippen LogP contribution in [0, 0.1) is 0 Å². The van der Waals surface area contributed by atoms with E-state index in [1.807, 2.05) is 80.0 Å². The van der Waals surface area contributed by atoms with Crippen LogP contribution in [0.2, 0.25) is 0 Å². The van der Waals surface area contributed by atoms with Gasteiger partial charge in [-0.3, -0.25) is 4.79 Å². The summed E-state index contributed by atoms with van der Waals surface area (Å²) >= 11 is 0. The van der Waals surface area contributed by atoms with E-state index in [0.717, 1.165) is 28.0 Å². The number of aromatic nitrogens is 2. The summed E-state index contributed by atoms with van der Waals surface area (Å²) < 4.78 is 7.43. The Bertz CT molecular complexity index is 944. The maximum Gasteiger partial charge on any atom is 0.198 e. The molecule has 1 atom stereocenters. The monoisotopic (exact) mass is 351 g/mol. The molecule has 0 aliphatic heterocycles. The lowest BCUT2D eigenvalue weighted by molar-refractivity contribution is 0.0963. The van der Waals surface area contributed by atoms with Gasteiger partial charge in [-0.15, -0.1) is 0 Å². The molecule has 1 aromatic heterocycles. The van der Waals surface area contributed by atoms with Crippen LogP contribution in [0.1, 0.15) is 35.4 Å². The first-order valence-corrected chi connectivity index (χ1v) is 8.72. The third kappa shape index (κ3) is 3.29. The summed E-state index contributed by atoms with van der Waals surface area (Å²) in [6.07, 6.45) is 0.384. The first-order valence-electron chi connectivity index (χ1n) is 8.72. The van der Waals surface area contributed by atoms with Gasteiger partial charge in [0.15, 0.2) is 11.6 Å². The van der Waals surface area contributed by atoms with Gasteiger partial charge >= 0.3 is 0 Å². The van der Waals surface area contributed by atoms with Crippen LogP contribution in [0.15, 0.2) is 42.5 Å². The number of methoxy groups -OCH3 is 1. The van der Waals surface area contributed by atoms with Gasteiger partial charge in [0, 0.05) is 39.3 Å². The van der Waals surface area contributed by atoms with Crippen LogP contribution in [0.3, 0.4) is 0 Å². The van der Waals surface area contributed by atoms with Gasteiger partial charge in [-0.2, -0.15) is 0 Å². The Kier molecular flexibility index (Phi) is 4.98. The number of ether oxygens (including phenoxy) is 1. The molecule has 0 bridgehead atoms. The van der Waals surface area contributed by atoms with Gasteiger partial charge in [-0.25, -0.2) is 4.98 Å². The SMILES string of the molecule is COc1cc(N(C)C)ccc1C(C)CC(=O)c1nc2ccccc2n1C. The summed E-state index contributed by atoms with van der Waals surface area (Å²) in [5.74, 6) is 1.38. The minimum atomic E-state index is 0.0356. The summed E-state index contributed by atoms with van der Waals surface area (Å²) in [7, 11) is 7.54. The number of imidazole rings is 1. The third-order valence-electron chi connectivity index (χ3n) is 4.79. The fourth-order valence-corrected chi connectivity index (χ4v) is 3.26. The lowest BCUT2D eigenvalue weighted by Gasteiger charge is -2.19. The number of carbonyl (C=O) groups is 1. The summed E-state index contributed by atoms with van der Waals surface area (Å²) in [6.45, 7) is 2.05. The van der Waals surface area contributed by atoms with Crippen LogP contribution >= 0.6 is 0 Å². The van der Waals surface area contributed by atoms with Crippen molar-refractivity contribution >= 4 is 22.5 Å². The number of rotatable bonds is 6. The molecule has 3 aromatic rings. The average Bonchev–Trinajstić information content (AvgIpc) is 2.98. The molecule has 0 N–H and O–H groups in total. The molecule has 5 heteroatoms. The molecule has 0 amide bonds. The van der Waals surface area contributed by atoms with Crippen LogP contribution in [0.5, 0.6) is 5.75 Å². The van der Waals surface area contributed by atoms with E-state index in [9.17, 15) is 4.79 Å². The molecule has 1 unspecified atom stereocenters. The maximum atomic E-state index is 12.9. The predicted octanol–water partition coefficient (Wildman–Crippen LogP) is 4.02. The molecule has 26 heavy (non-hydrogen) atoms. The largest absolute Gasteiger partial charge is 0.496 e. The fourth-order valence-electron chi connectivity index (χ4n) is 3.26. The van der Waals surface area contributed by atoms with Gasteiger partial charge in [0.25, 0.3) is 0 Å². The van der Waals surface area contributed by atoms with Crippen molar-refractivity contribution in [1.29, 1.82) is 0 Å². The number of benzene rings is 2. The lowest BCUT2D eigenvalue weighted by Crippen LogP contribution is -2.12. The van der Waals surface area contributed by atoms with Crippen molar-refractivity contribution < 1.29 is 9.53 Å². The molecular weight excluding hydrogens is 326 g/mol. The molecule has 3 rings (SSSR count). The molecule has 0 fully saturated rings. The van der Waals surface area contributed by atoms with Crippen LogP contribution in [-0.2, 0) is 7.05 Å². The van der Waals surface area contributed by atoms with E-state index < -0.39 is 0 Å². The highest BCUT2D eigenvalue weighted by atomic mass is 16.5. The van der Waals surface area contributed by atoms with E-state index in [-0.39, 0.29) is 11.7 Å². The average molecular weight is 351 g/mol. The van der Waals surface area contributed by atoms with Crippen LogP contribution in [0.4, 0.5) is 5.69 Å². The Hall–Kier alpha value is -2.82. The standard InChI is InChI=1S/C21H25N3O2/c1-14(16-11-10-15(23(2)3)13-20(16)26-5)12-19(25)21-22-17-8-6-7-9-18(17)24(21)4/h6-11,13-14H,12H2,1-5H3. The van der Waals surface area contributed by atoms with Crippen molar-refractivity contribution in [3.63, 3.8) is 0 Å². The Morgan fingerprint density at radius 2 is 1.96 bits per heavy atom. The number of para-hydroxylation sites is 2. The smallest absolute Gasteiger partial charge is 0.198 e. The number of hydrogen-bond acceptors (Lipinski definition) is 4. The van der Waals surface area contributed by atoms with Gasteiger partial charge in [-0.1, -0.05) is 25.1 Å². The summed E-state index contributed by atoms with van der Waals surface area (Å²) in [4.78, 5) is 19.4. The predicted molar refractivity (Wildman–Crippen MR) is 105 cm³/mol. The van der Waals surface area contributed by atoms with Crippen molar-refractivity contribution in [3.05, 3.63) is 53.9 Å². The Labute approximate surface area is 154 Å². The molecule has 5 nitrogen and oxygen atoms in total. The fraction of sp³-hybridized carbons (Fsp3) is 0.333. The van der Waals surface area contributed by atoms with Crippen molar-refractivity contribution in [2.24, 2.45) is 7.05 Å². The summed E-state index contributed by atoms with van der Waals surface area (Å²) in [6, 6.07) is 13.9. The van der Waals surface area contributed by atoms with Crippen LogP contribution in [0.25, 0.3) is 11.0 Å². The number of ketones is 1. The first kappa shape index (κ1) is 18.0. The molecule has 0 radical (unpaired) electrons. The van der Waals surface area contributed by atoms with Crippen LogP contribution in [-0.4, -0.2) is 36.5 Å². The highest BCUT2D eigenvalue weighted by Crippen LogP contribution is 2.33. The molecule has 0 aliphatic rings. The van der Waals surface area contributed by atoms with Crippen LogP contribution < -0.4 is 9.64 Å². The van der Waals surface area contributed by atoms with Crippen molar-refractivity contribution in [2.75, 3.05) is 26.1 Å². The number of fused-ring (bicyclic) bond motifs is 1. The minimum Gasteiger partial charge on any atom is -0.496 e. The van der Waals surface area contributed by atoms with Gasteiger partial charge in [0.1, 0.15) is 5.75 Å². The maximum absolute atomic E-state index is 12.9. The van der Waals surface area contributed by atoms with E-state index in [1.165, 1.54) is 0 Å². The topological polar surface area (TPSA) is 47.4 Å². The zero-order valence-electron chi connectivity index (χ0n) is 16.0. The van der Waals surface area contributed by atoms with E-state index in [4.69, 9.17) is 4.74 Å². The second-order valence-corrected chi connectivity index (χ2v) is 6.83. The normalized spacial score (nSPS) is 12.2. The number of aryl methyl sites for hydroxylation is 1. The zero-order valence-corrected chi connectivity index (χ0v) is 16.0. The number of anilines is 1. The second-order valence-electron chi connectivity index (χ2n) is 6.83. The number of nitrogens with zero attached hydrogens (tertiary/aromatic N) is 3. The number of Topliss-reactive ketones (excluding diaryl/α,β-unsaturated/α-hetero) is 1. The van der Waals surface area contributed by atoms with E-state index in [0.29, 0.717) is 12.2 Å². The molecule has 2 aromatic carbocycles. The lowest BCUT2D eigenvalue weighted by atomic mass is 9.94. The van der Waals surface area contributed by atoms with Gasteiger partial charge < -0.3 is 14.2 Å². The van der Waals surface area contributed by atoms with Crippen molar-refractivity contribution in [3.8, 4) is 5.75 Å². The van der Waals surface area contributed by atoms with Gasteiger partial charge in [0.2, 0.25) is 0 Å². The molecule has 0 saturated heterocycles. The number of carbonyl (C=O) groups excluding carboxylic acids is 1. The summed E-state index contributed by atoms with van der Waals surface area (Å²) in [5.41, 5.74) is 3.92. The van der Waals surface area contributed by atoms with Crippen molar-refractivity contribution in [1.82, 2.24) is 9.55 Å². The third-order valence-corrected chi connectivity index (χ3v) is 4.79. The van der Waals surface area contributed by atoms with Gasteiger partial charge in [0.05, 0.1) is 18.1 Å². The first-order chi connectivity index (χ1) is 12.4. The molecule has 0 spiro atoms. The Balaban J connectivity index is 1.86. The molecule has 0 aliphatic carbocycles. The molecule has 1 heterocycles. The van der Waals surface area contributed by atoms with E-state index in [2.05, 4.69) is 4.98 Å². The second kappa shape index (κ2) is 7.20. The Morgan fingerprint density at radius 3 is 2.62 bits per heavy atom. The quantitative estimate of drug-likeness (QED) is 0.629. The number of hydrogen-bond donors (Lipinski definition) is 0. The zero-order chi connectivity index (χ0) is 18.8. The molecular formula is C21H25N3O2. The highest BCUT2D eigenvalue weighted by Gasteiger charge is 2.21. The minimum absolute atomic E-state index is 0.0356. The van der Waals surface area contributed by atoms with E-state index in [1.54, 1.807) is 7.11 Å². The van der Waals surface area contributed by atoms with Crippen molar-refractivity contribution in [2.45, 2.75) is 19.3 Å².